The molecular weight excluding hydrogens is 232 g/mol. The topological polar surface area (TPSA) is 66.8 Å². The second kappa shape index (κ2) is 5.40. The normalized spacial score (nSPS) is 13.2. The van der Waals surface area contributed by atoms with Gasteiger partial charge in [0.2, 0.25) is 0 Å². The number of rotatable bonds is 5. The summed E-state index contributed by atoms with van der Waals surface area (Å²) in [5.41, 5.74) is 0.780. The second-order valence-corrected chi connectivity index (χ2v) is 5.18. The first-order valence-electron chi connectivity index (χ1n) is 5.89. The molecule has 0 saturated heterocycles. The van der Waals surface area contributed by atoms with Gasteiger partial charge in [0.25, 0.3) is 0 Å². The summed E-state index contributed by atoms with van der Waals surface area (Å²) in [4.78, 5) is 11.0. The van der Waals surface area contributed by atoms with E-state index in [2.05, 4.69) is 0 Å². The van der Waals surface area contributed by atoms with Crippen molar-refractivity contribution in [3.05, 3.63) is 29.3 Å². The van der Waals surface area contributed by atoms with Crippen molar-refractivity contribution in [3.8, 4) is 5.75 Å². The van der Waals surface area contributed by atoms with Crippen molar-refractivity contribution >= 4 is 5.97 Å². The average Bonchev–Trinajstić information content (AvgIpc) is 2.26. The van der Waals surface area contributed by atoms with Crippen LogP contribution in [0.3, 0.4) is 0 Å². The predicted octanol–water partition coefficient (Wildman–Crippen LogP) is 2.54. The Labute approximate surface area is 107 Å². The van der Waals surface area contributed by atoms with Crippen LogP contribution in [0.5, 0.6) is 5.75 Å². The molecular formula is C14H20O4. The molecule has 0 aliphatic carbocycles. The minimum atomic E-state index is -0.921. The van der Waals surface area contributed by atoms with Crippen molar-refractivity contribution in [2.24, 2.45) is 5.41 Å². The van der Waals surface area contributed by atoms with E-state index in [1.807, 2.05) is 13.0 Å². The molecule has 1 rings (SSSR count). The first-order valence-corrected chi connectivity index (χ1v) is 5.89. The molecule has 0 heterocycles. The molecule has 0 saturated carbocycles. The molecule has 1 atom stereocenters. The van der Waals surface area contributed by atoms with Gasteiger partial charge in [-0.15, -0.1) is 0 Å². The third-order valence-corrected chi connectivity index (χ3v) is 2.85. The summed E-state index contributed by atoms with van der Waals surface area (Å²) in [5.74, 6) is -0.241. The van der Waals surface area contributed by atoms with Crippen molar-refractivity contribution in [1.29, 1.82) is 0 Å². The zero-order valence-corrected chi connectivity index (χ0v) is 11.2. The highest BCUT2D eigenvalue weighted by Gasteiger charge is 2.28. The number of benzene rings is 1. The fourth-order valence-corrected chi connectivity index (χ4v) is 1.41. The van der Waals surface area contributed by atoms with Gasteiger partial charge >= 0.3 is 5.97 Å². The van der Waals surface area contributed by atoms with Crippen LogP contribution >= 0.6 is 0 Å². The second-order valence-electron chi connectivity index (χ2n) is 5.18. The first kappa shape index (κ1) is 14.5. The van der Waals surface area contributed by atoms with Crippen LogP contribution in [-0.4, -0.2) is 22.8 Å². The standard InChI is InChI=1S/C14H20O4/c1-9-7-11(10(2)15)5-6-12(9)18-8-14(3,4)13(16)17/h5-7,10,15H,8H2,1-4H3,(H,16,17)/t10-/m0/s1. The van der Waals surface area contributed by atoms with E-state index in [-0.39, 0.29) is 6.61 Å². The van der Waals surface area contributed by atoms with Crippen LogP contribution in [0.4, 0.5) is 0 Å². The van der Waals surface area contributed by atoms with Crippen LogP contribution in [0.15, 0.2) is 18.2 Å². The smallest absolute Gasteiger partial charge is 0.312 e. The van der Waals surface area contributed by atoms with Crippen LogP contribution in [0.1, 0.15) is 38.0 Å². The Morgan fingerprint density at radius 2 is 2.06 bits per heavy atom. The van der Waals surface area contributed by atoms with Gasteiger partial charge in [0.15, 0.2) is 0 Å². The molecule has 0 fully saturated rings. The Bertz CT molecular complexity index is 435. The minimum absolute atomic E-state index is 0.108. The number of aliphatic hydroxyl groups is 1. The fourth-order valence-electron chi connectivity index (χ4n) is 1.41. The van der Waals surface area contributed by atoms with E-state index >= 15 is 0 Å². The Balaban J connectivity index is 2.78. The van der Waals surface area contributed by atoms with Crippen LogP contribution < -0.4 is 4.74 Å². The molecule has 18 heavy (non-hydrogen) atoms. The number of hydrogen-bond acceptors (Lipinski definition) is 3. The zero-order chi connectivity index (χ0) is 13.9. The molecule has 1 aromatic rings. The third kappa shape index (κ3) is 3.47. The summed E-state index contributed by atoms with van der Waals surface area (Å²) < 4.78 is 5.54. The van der Waals surface area contributed by atoms with Crippen LogP contribution in [-0.2, 0) is 4.79 Å². The Kier molecular flexibility index (Phi) is 4.35. The summed E-state index contributed by atoms with van der Waals surface area (Å²) in [5, 5.41) is 18.4. The van der Waals surface area contributed by atoms with Crippen molar-refractivity contribution in [2.75, 3.05) is 6.61 Å². The predicted molar refractivity (Wildman–Crippen MR) is 68.7 cm³/mol. The SMILES string of the molecule is Cc1cc([C@H](C)O)ccc1OCC(C)(C)C(=O)O. The highest BCUT2D eigenvalue weighted by molar-refractivity contribution is 5.73. The summed E-state index contributed by atoms with van der Waals surface area (Å²) in [6.07, 6.45) is -0.520. The molecule has 4 nitrogen and oxygen atoms in total. The largest absolute Gasteiger partial charge is 0.492 e. The van der Waals surface area contributed by atoms with Gasteiger partial charge < -0.3 is 14.9 Å². The number of aliphatic carboxylic acids is 1. The molecule has 0 spiro atoms. The maximum Gasteiger partial charge on any atom is 0.312 e. The van der Waals surface area contributed by atoms with Gasteiger partial charge in [-0.3, -0.25) is 4.79 Å². The number of carboxylic acid groups (broad SMARTS) is 1. The Hall–Kier alpha value is -1.55. The lowest BCUT2D eigenvalue weighted by Gasteiger charge is -2.20. The zero-order valence-electron chi connectivity index (χ0n) is 11.2. The van der Waals surface area contributed by atoms with Gasteiger partial charge in [-0.2, -0.15) is 0 Å². The van der Waals surface area contributed by atoms with Gasteiger partial charge in [0.05, 0.1) is 11.5 Å². The number of aryl methyl sites for hydroxylation is 1. The molecule has 0 bridgehead atoms. The van der Waals surface area contributed by atoms with E-state index in [0.29, 0.717) is 5.75 Å². The van der Waals surface area contributed by atoms with Gasteiger partial charge in [-0.25, -0.2) is 0 Å². The molecule has 1 aromatic carbocycles. The maximum absolute atomic E-state index is 11.0. The number of carboxylic acids is 1. The van der Waals surface area contributed by atoms with E-state index in [4.69, 9.17) is 9.84 Å². The monoisotopic (exact) mass is 252 g/mol. The summed E-state index contributed by atoms with van der Waals surface area (Å²) in [6.45, 7) is 6.92. The number of aliphatic hydroxyl groups excluding tert-OH is 1. The fraction of sp³-hybridized carbons (Fsp3) is 0.500. The van der Waals surface area contributed by atoms with Crippen molar-refractivity contribution in [3.63, 3.8) is 0 Å². The Morgan fingerprint density at radius 3 is 2.50 bits per heavy atom. The third-order valence-electron chi connectivity index (χ3n) is 2.85. The lowest BCUT2D eigenvalue weighted by atomic mass is 9.95. The van der Waals surface area contributed by atoms with Crippen LogP contribution in [0.25, 0.3) is 0 Å². The lowest BCUT2D eigenvalue weighted by Crippen LogP contribution is -2.30. The van der Waals surface area contributed by atoms with E-state index < -0.39 is 17.5 Å². The highest BCUT2D eigenvalue weighted by atomic mass is 16.5. The van der Waals surface area contributed by atoms with Crippen molar-refractivity contribution < 1.29 is 19.7 Å². The molecule has 0 aromatic heterocycles. The number of ether oxygens (including phenoxy) is 1. The summed E-state index contributed by atoms with van der Waals surface area (Å²) in [6, 6.07) is 5.38. The van der Waals surface area contributed by atoms with Crippen molar-refractivity contribution in [1.82, 2.24) is 0 Å². The number of hydrogen-bond donors (Lipinski definition) is 2. The summed E-state index contributed by atoms with van der Waals surface area (Å²) in [7, 11) is 0. The van der Waals surface area contributed by atoms with E-state index in [1.165, 1.54) is 0 Å². The lowest BCUT2D eigenvalue weighted by molar-refractivity contribution is -0.148. The van der Waals surface area contributed by atoms with Gasteiger partial charge in [-0.1, -0.05) is 6.07 Å². The number of carbonyl (C=O) groups is 1. The van der Waals surface area contributed by atoms with Gasteiger partial charge in [-0.05, 0) is 51.0 Å². The van der Waals surface area contributed by atoms with E-state index in [1.54, 1.807) is 32.9 Å². The highest BCUT2D eigenvalue weighted by Crippen LogP contribution is 2.25. The van der Waals surface area contributed by atoms with E-state index in [9.17, 15) is 9.90 Å². The molecule has 2 N–H and O–H groups in total. The molecule has 4 heteroatoms. The van der Waals surface area contributed by atoms with Crippen LogP contribution in [0.2, 0.25) is 0 Å². The quantitative estimate of drug-likeness (QED) is 0.845. The molecule has 100 valence electrons. The van der Waals surface area contributed by atoms with E-state index in [0.717, 1.165) is 11.1 Å². The summed E-state index contributed by atoms with van der Waals surface area (Å²) >= 11 is 0. The maximum atomic E-state index is 11.0. The molecule has 0 amide bonds. The molecule has 0 aliphatic rings. The van der Waals surface area contributed by atoms with Gasteiger partial charge in [0.1, 0.15) is 12.4 Å². The minimum Gasteiger partial charge on any atom is -0.492 e. The average molecular weight is 252 g/mol. The van der Waals surface area contributed by atoms with Gasteiger partial charge in [0, 0.05) is 0 Å². The molecule has 0 aliphatic heterocycles. The molecule has 0 radical (unpaired) electrons. The van der Waals surface area contributed by atoms with Crippen molar-refractivity contribution in [2.45, 2.75) is 33.8 Å². The Morgan fingerprint density at radius 1 is 1.44 bits per heavy atom. The first-order chi connectivity index (χ1) is 8.24. The molecule has 0 unspecified atom stereocenters. The van der Waals surface area contributed by atoms with Crippen LogP contribution in [0, 0.1) is 12.3 Å².